The summed E-state index contributed by atoms with van der Waals surface area (Å²) in [6, 6.07) is 14.2. The number of hydrazone groups is 1. The second-order valence-corrected chi connectivity index (χ2v) is 8.59. The number of amides is 1. The Morgan fingerprint density at radius 2 is 1.89 bits per heavy atom. The van der Waals surface area contributed by atoms with Gasteiger partial charge in [-0.2, -0.15) is 5.10 Å². The van der Waals surface area contributed by atoms with Crippen molar-refractivity contribution in [2.75, 3.05) is 6.61 Å². The molecular weight excluding hydrogens is 416 g/mol. The molecular formula is C23H29BrN2O2. The molecule has 1 N–H and O–H groups in total. The van der Waals surface area contributed by atoms with Gasteiger partial charge in [0.15, 0.2) is 0 Å². The standard InChI is InChI=1S/C23H29BrN2O2/c1-5-17-8-10-18(11-9-17)16-25-26-22(27)7-6-14-28-21-13-12-19(15-20(21)24)23(2,3)4/h8-13,15-16H,5-7,14H2,1-4H3,(H,26,27)/b25-16+. The molecule has 4 nitrogen and oxygen atoms in total. The van der Waals surface area contributed by atoms with Crippen LogP contribution >= 0.6 is 15.9 Å². The molecule has 2 rings (SSSR count). The predicted molar refractivity (Wildman–Crippen MR) is 119 cm³/mol. The van der Waals surface area contributed by atoms with E-state index >= 15 is 0 Å². The number of carbonyl (C=O) groups excluding carboxylic acids is 1. The Morgan fingerprint density at radius 3 is 2.50 bits per heavy atom. The van der Waals surface area contributed by atoms with Crippen LogP contribution in [0, 0.1) is 0 Å². The molecule has 5 heteroatoms. The highest BCUT2D eigenvalue weighted by Gasteiger charge is 2.15. The summed E-state index contributed by atoms with van der Waals surface area (Å²) in [5.41, 5.74) is 6.14. The van der Waals surface area contributed by atoms with Crippen molar-refractivity contribution in [3.8, 4) is 5.75 Å². The zero-order valence-electron chi connectivity index (χ0n) is 17.1. The third-order valence-electron chi connectivity index (χ3n) is 4.39. The Morgan fingerprint density at radius 1 is 1.18 bits per heavy atom. The van der Waals surface area contributed by atoms with Crippen LogP contribution in [0.5, 0.6) is 5.75 Å². The van der Waals surface area contributed by atoms with Gasteiger partial charge in [0.2, 0.25) is 5.91 Å². The Balaban J connectivity index is 1.71. The fourth-order valence-corrected chi connectivity index (χ4v) is 3.07. The van der Waals surface area contributed by atoms with E-state index in [4.69, 9.17) is 4.74 Å². The van der Waals surface area contributed by atoms with Crippen LogP contribution in [0.4, 0.5) is 0 Å². The van der Waals surface area contributed by atoms with Crippen LogP contribution in [0.1, 0.15) is 57.2 Å². The molecule has 0 heterocycles. The number of halogens is 1. The molecule has 0 radical (unpaired) electrons. The smallest absolute Gasteiger partial charge is 0.240 e. The second-order valence-electron chi connectivity index (χ2n) is 7.74. The first-order chi connectivity index (χ1) is 13.3. The molecule has 0 fully saturated rings. The molecule has 1 amide bonds. The van der Waals surface area contributed by atoms with E-state index in [0.717, 1.165) is 22.2 Å². The number of hydrogen-bond donors (Lipinski definition) is 1. The third-order valence-corrected chi connectivity index (χ3v) is 5.01. The summed E-state index contributed by atoms with van der Waals surface area (Å²) in [6.07, 6.45) is 3.65. The van der Waals surface area contributed by atoms with Gasteiger partial charge in [0.1, 0.15) is 5.75 Å². The number of hydrogen-bond acceptors (Lipinski definition) is 3. The minimum Gasteiger partial charge on any atom is -0.492 e. The minimum atomic E-state index is -0.118. The highest BCUT2D eigenvalue weighted by Crippen LogP contribution is 2.31. The van der Waals surface area contributed by atoms with Crippen LogP contribution in [0.3, 0.4) is 0 Å². The summed E-state index contributed by atoms with van der Waals surface area (Å²) in [7, 11) is 0. The highest BCUT2D eigenvalue weighted by atomic mass is 79.9. The molecule has 0 unspecified atom stereocenters. The first kappa shape index (κ1) is 22.2. The van der Waals surface area contributed by atoms with Crippen LogP contribution < -0.4 is 10.2 Å². The fourth-order valence-electron chi connectivity index (χ4n) is 2.57. The second kappa shape index (κ2) is 10.4. The molecule has 150 valence electrons. The summed E-state index contributed by atoms with van der Waals surface area (Å²) >= 11 is 3.56. The zero-order valence-corrected chi connectivity index (χ0v) is 18.7. The van der Waals surface area contributed by atoms with E-state index in [9.17, 15) is 4.79 Å². The van der Waals surface area contributed by atoms with Crippen molar-refractivity contribution < 1.29 is 9.53 Å². The summed E-state index contributed by atoms with van der Waals surface area (Å²) in [4.78, 5) is 11.9. The first-order valence-corrected chi connectivity index (χ1v) is 10.4. The number of ether oxygens (including phenoxy) is 1. The van der Waals surface area contributed by atoms with Gasteiger partial charge in [-0.25, -0.2) is 5.43 Å². The Bertz CT molecular complexity index is 808. The van der Waals surface area contributed by atoms with Gasteiger partial charge in [-0.05, 0) is 63.0 Å². The number of nitrogens with zero attached hydrogens (tertiary/aromatic N) is 1. The van der Waals surface area contributed by atoms with E-state index in [0.29, 0.717) is 19.4 Å². The average molecular weight is 445 g/mol. The molecule has 2 aromatic rings. The first-order valence-electron chi connectivity index (χ1n) is 9.63. The Hall–Kier alpha value is -2.14. The number of rotatable bonds is 8. The maximum absolute atomic E-state index is 11.9. The average Bonchev–Trinajstić information content (AvgIpc) is 2.66. The van der Waals surface area contributed by atoms with Crippen molar-refractivity contribution in [1.29, 1.82) is 0 Å². The normalized spacial score (nSPS) is 11.6. The van der Waals surface area contributed by atoms with Crippen LogP contribution in [-0.2, 0) is 16.6 Å². The number of benzene rings is 2. The summed E-state index contributed by atoms with van der Waals surface area (Å²) in [5, 5.41) is 4.01. The van der Waals surface area contributed by atoms with Crippen LogP contribution in [-0.4, -0.2) is 18.7 Å². The molecule has 0 aliphatic rings. The van der Waals surface area contributed by atoms with Crippen molar-refractivity contribution >= 4 is 28.1 Å². The molecule has 0 atom stereocenters. The number of nitrogens with one attached hydrogen (secondary N) is 1. The number of carbonyl (C=O) groups is 1. The molecule has 0 saturated heterocycles. The molecule has 0 aliphatic heterocycles. The quantitative estimate of drug-likeness (QED) is 0.326. The van der Waals surface area contributed by atoms with Crippen molar-refractivity contribution in [3.63, 3.8) is 0 Å². The van der Waals surface area contributed by atoms with Gasteiger partial charge in [-0.3, -0.25) is 4.79 Å². The van der Waals surface area contributed by atoms with Crippen LogP contribution in [0.15, 0.2) is 52.0 Å². The topological polar surface area (TPSA) is 50.7 Å². The van der Waals surface area contributed by atoms with E-state index in [1.807, 2.05) is 18.2 Å². The lowest BCUT2D eigenvalue weighted by molar-refractivity contribution is -0.121. The molecule has 0 aliphatic carbocycles. The Kier molecular flexibility index (Phi) is 8.24. The van der Waals surface area contributed by atoms with Gasteiger partial charge in [-0.15, -0.1) is 0 Å². The molecule has 28 heavy (non-hydrogen) atoms. The maximum atomic E-state index is 11.9. The maximum Gasteiger partial charge on any atom is 0.240 e. The Labute approximate surface area is 176 Å². The van der Waals surface area contributed by atoms with E-state index in [1.54, 1.807) is 6.21 Å². The van der Waals surface area contributed by atoms with Gasteiger partial charge < -0.3 is 4.74 Å². The lowest BCUT2D eigenvalue weighted by atomic mass is 9.87. The zero-order chi connectivity index (χ0) is 20.6. The largest absolute Gasteiger partial charge is 0.492 e. The van der Waals surface area contributed by atoms with Gasteiger partial charge in [0.25, 0.3) is 0 Å². The predicted octanol–water partition coefficient (Wildman–Crippen LogP) is 5.62. The summed E-state index contributed by atoms with van der Waals surface area (Å²) < 4.78 is 6.72. The van der Waals surface area contributed by atoms with Crippen molar-refractivity contribution in [2.45, 2.75) is 52.4 Å². The SMILES string of the molecule is CCc1ccc(/C=N/NC(=O)CCCOc2ccc(C(C)(C)C)cc2Br)cc1. The van der Waals surface area contributed by atoms with E-state index in [-0.39, 0.29) is 11.3 Å². The third kappa shape index (κ3) is 7.12. The lowest BCUT2D eigenvalue weighted by Gasteiger charge is -2.20. The summed E-state index contributed by atoms with van der Waals surface area (Å²) in [5.74, 6) is 0.675. The van der Waals surface area contributed by atoms with Gasteiger partial charge in [-0.1, -0.05) is 58.0 Å². The molecule has 2 aromatic carbocycles. The van der Waals surface area contributed by atoms with Gasteiger partial charge in [0.05, 0.1) is 17.3 Å². The van der Waals surface area contributed by atoms with E-state index < -0.39 is 0 Å². The van der Waals surface area contributed by atoms with Crippen molar-refractivity contribution in [3.05, 3.63) is 63.6 Å². The molecule has 0 bridgehead atoms. The highest BCUT2D eigenvalue weighted by molar-refractivity contribution is 9.10. The van der Waals surface area contributed by atoms with Gasteiger partial charge >= 0.3 is 0 Å². The number of aryl methyl sites for hydroxylation is 1. The summed E-state index contributed by atoms with van der Waals surface area (Å²) in [6.45, 7) is 9.12. The molecule has 0 aromatic heterocycles. The van der Waals surface area contributed by atoms with Crippen LogP contribution in [0.25, 0.3) is 0 Å². The fraction of sp³-hybridized carbons (Fsp3) is 0.391. The van der Waals surface area contributed by atoms with Gasteiger partial charge in [0, 0.05) is 6.42 Å². The molecule has 0 spiro atoms. The molecule has 0 saturated carbocycles. The minimum absolute atomic E-state index is 0.0949. The monoisotopic (exact) mass is 444 g/mol. The van der Waals surface area contributed by atoms with E-state index in [1.165, 1.54) is 11.1 Å². The lowest BCUT2D eigenvalue weighted by Crippen LogP contribution is -2.18. The van der Waals surface area contributed by atoms with Crippen LogP contribution in [0.2, 0.25) is 0 Å². The van der Waals surface area contributed by atoms with Crippen molar-refractivity contribution in [2.24, 2.45) is 5.10 Å². The van der Waals surface area contributed by atoms with E-state index in [2.05, 4.69) is 78.4 Å². The van der Waals surface area contributed by atoms with Crippen molar-refractivity contribution in [1.82, 2.24) is 5.43 Å².